The third-order valence-electron chi connectivity index (χ3n) is 4.55. The third kappa shape index (κ3) is 4.61. The smallest absolute Gasteiger partial charge is 0.168 e. The molecule has 8 N–H and O–H groups in total. The Morgan fingerprint density at radius 3 is 2.52 bits per heavy atom. The molecule has 1 aliphatic heterocycles. The summed E-state index contributed by atoms with van der Waals surface area (Å²) in [6, 6.07) is 4.10. The van der Waals surface area contributed by atoms with Gasteiger partial charge in [-0.05, 0) is 38.1 Å². The minimum absolute atomic E-state index is 0.0873. The quantitative estimate of drug-likeness (QED) is 0.333. The summed E-state index contributed by atoms with van der Waals surface area (Å²) >= 11 is 0. The van der Waals surface area contributed by atoms with Gasteiger partial charge in [-0.15, -0.1) is 0 Å². The Morgan fingerprint density at radius 1 is 1.17 bits per heavy atom. The van der Waals surface area contributed by atoms with Crippen molar-refractivity contribution in [1.82, 2.24) is 25.1 Å². The van der Waals surface area contributed by atoms with Gasteiger partial charge in [-0.3, -0.25) is 10.2 Å². The second kappa shape index (κ2) is 9.30. The molecule has 3 aromatic heterocycles. The summed E-state index contributed by atoms with van der Waals surface area (Å²) in [7, 11) is 0. The highest BCUT2D eigenvalue weighted by Gasteiger charge is 2.16. The van der Waals surface area contributed by atoms with Crippen LogP contribution < -0.4 is 28.1 Å². The number of aromatic nitrogens is 3. The Morgan fingerprint density at radius 2 is 1.93 bits per heavy atom. The molecule has 1 saturated heterocycles. The number of hydrogen-bond donors (Lipinski definition) is 5. The summed E-state index contributed by atoms with van der Waals surface area (Å²) < 4.78 is 28.8. The largest absolute Gasteiger partial charge is 0.403 e. The first kappa shape index (κ1) is 20.5. The average molecular weight is 402 g/mol. The highest BCUT2D eigenvalue weighted by atomic mass is 19.1. The Labute approximate surface area is 166 Å². The van der Waals surface area contributed by atoms with E-state index in [9.17, 15) is 8.78 Å². The van der Waals surface area contributed by atoms with E-state index in [2.05, 4.69) is 20.7 Å². The van der Waals surface area contributed by atoms with Crippen LogP contribution in [0.1, 0.15) is 24.8 Å². The monoisotopic (exact) mass is 402 g/mol. The fourth-order valence-corrected chi connectivity index (χ4v) is 3.01. The van der Waals surface area contributed by atoms with Crippen molar-refractivity contribution >= 4 is 17.2 Å². The van der Waals surface area contributed by atoms with E-state index in [0.717, 1.165) is 0 Å². The van der Waals surface area contributed by atoms with Crippen LogP contribution in [-0.4, -0.2) is 27.5 Å². The highest BCUT2D eigenvalue weighted by molar-refractivity contribution is 5.69. The van der Waals surface area contributed by atoms with Gasteiger partial charge in [0, 0.05) is 24.0 Å². The van der Waals surface area contributed by atoms with Crippen LogP contribution in [0.4, 0.5) is 14.6 Å². The zero-order chi connectivity index (χ0) is 20.8. The zero-order valence-electron chi connectivity index (χ0n) is 15.8. The molecule has 0 saturated carbocycles. The summed E-state index contributed by atoms with van der Waals surface area (Å²) in [5.41, 5.74) is 15.3. The molecule has 10 heteroatoms. The van der Waals surface area contributed by atoms with Crippen LogP contribution in [0, 0.1) is 11.6 Å². The number of hydrogen-bond acceptors (Lipinski definition) is 7. The second-order valence-electron chi connectivity index (χ2n) is 6.51. The van der Waals surface area contributed by atoms with E-state index in [0.29, 0.717) is 28.7 Å². The number of halogens is 2. The standard InChI is InChI=1S/C14H13F2N7.C5H11N/c15-8-4-9(16)14(18)21-13(8)11-6-20-12-3-7(1-2-23(11)12)10(5-17)22-19;1-2-4-6-5-3-1/h1-6,22H,17,19H2,(H2,18,21);6H,1-5H2/b10-5-;. The molecule has 3 aromatic rings. The number of nitrogens with one attached hydrogen (secondary N) is 2. The van der Waals surface area contributed by atoms with E-state index in [-0.39, 0.29) is 11.5 Å². The maximum atomic E-state index is 14.0. The molecule has 4 heterocycles. The Kier molecular flexibility index (Phi) is 6.57. The van der Waals surface area contributed by atoms with Gasteiger partial charge < -0.3 is 22.2 Å². The van der Waals surface area contributed by atoms with Crippen molar-refractivity contribution in [2.24, 2.45) is 11.6 Å². The average Bonchev–Trinajstić information content (AvgIpc) is 3.16. The number of hydrazine groups is 1. The Bertz CT molecular complexity index is 999. The molecular formula is C19H24F2N8. The number of nitrogens with zero attached hydrogens (tertiary/aromatic N) is 3. The molecule has 0 bridgehead atoms. The van der Waals surface area contributed by atoms with Gasteiger partial charge >= 0.3 is 0 Å². The van der Waals surface area contributed by atoms with E-state index in [1.54, 1.807) is 22.7 Å². The minimum atomic E-state index is -0.908. The lowest BCUT2D eigenvalue weighted by molar-refractivity contribution is 0.520. The van der Waals surface area contributed by atoms with E-state index in [1.807, 2.05) is 0 Å². The molecule has 0 unspecified atom stereocenters. The Balaban J connectivity index is 0.000000343. The van der Waals surface area contributed by atoms with Crippen LogP contribution >= 0.6 is 0 Å². The normalized spacial score (nSPS) is 14.4. The van der Waals surface area contributed by atoms with Gasteiger partial charge in [-0.2, -0.15) is 0 Å². The van der Waals surface area contributed by atoms with Crippen LogP contribution in [0.5, 0.6) is 0 Å². The molecule has 1 fully saturated rings. The Hall–Kier alpha value is -3.24. The van der Waals surface area contributed by atoms with Crippen molar-refractivity contribution in [3.05, 3.63) is 54.0 Å². The van der Waals surface area contributed by atoms with E-state index in [4.69, 9.17) is 17.3 Å². The molecule has 0 radical (unpaired) electrons. The molecule has 0 atom stereocenters. The van der Waals surface area contributed by atoms with E-state index in [1.165, 1.54) is 44.7 Å². The zero-order valence-corrected chi connectivity index (χ0v) is 15.8. The maximum absolute atomic E-state index is 14.0. The summed E-state index contributed by atoms with van der Waals surface area (Å²) in [5.74, 6) is 3.26. The summed E-state index contributed by atoms with van der Waals surface area (Å²) in [6.45, 7) is 2.50. The molecule has 0 spiro atoms. The van der Waals surface area contributed by atoms with Crippen LogP contribution in [0.2, 0.25) is 0 Å². The number of fused-ring (bicyclic) bond motifs is 1. The molecule has 4 rings (SSSR count). The topological polar surface area (TPSA) is 132 Å². The molecule has 0 aromatic carbocycles. The SMILES string of the molecule is C1CCNCC1.N/C=C(\NN)c1ccn2c(-c3nc(N)c(F)cc3F)cnc2c1. The first-order chi connectivity index (χ1) is 14.0. The van der Waals surface area contributed by atoms with Crippen molar-refractivity contribution in [3.8, 4) is 11.4 Å². The molecule has 29 heavy (non-hydrogen) atoms. The van der Waals surface area contributed by atoms with Crippen molar-refractivity contribution < 1.29 is 8.78 Å². The number of nitrogen functional groups attached to an aromatic ring is 1. The third-order valence-corrected chi connectivity index (χ3v) is 4.55. The van der Waals surface area contributed by atoms with Gasteiger partial charge in [0.05, 0.1) is 17.6 Å². The number of nitrogens with two attached hydrogens (primary N) is 3. The summed E-state index contributed by atoms with van der Waals surface area (Å²) in [4.78, 5) is 7.94. The maximum Gasteiger partial charge on any atom is 0.168 e. The second-order valence-corrected chi connectivity index (χ2v) is 6.51. The van der Waals surface area contributed by atoms with Gasteiger partial charge in [0.15, 0.2) is 17.5 Å². The van der Waals surface area contributed by atoms with E-state index >= 15 is 0 Å². The van der Waals surface area contributed by atoms with Crippen LogP contribution in [-0.2, 0) is 0 Å². The van der Waals surface area contributed by atoms with Crippen molar-refractivity contribution in [1.29, 1.82) is 0 Å². The molecular weight excluding hydrogens is 378 g/mol. The van der Waals surface area contributed by atoms with Crippen LogP contribution in [0.25, 0.3) is 22.7 Å². The first-order valence-corrected chi connectivity index (χ1v) is 9.23. The van der Waals surface area contributed by atoms with Crippen molar-refractivity contribution in [2.75, 3.05) is 18.8 Å². The lowest BCUT2D eigenvalue weighted by Gasteiger charge is -2.08. The number of imidazole rings is 1. The fraction of sp³-hybridized carbons (Fsp3) is 0.263. The van der Waals surface area contributed by atoms with Gasteiger partial charge in [-0.1, -0.05) is 6.42 Å². The number of anilines is 1. The highest BCUT2D eigenvalue weighted by Crippen LogP contribution is 2.25. The first-order valence-electron chi connectivity index (χ1n) is 9.23. The van der Waals surface area contributed by atoms with Crippen molar-refractivity contribution in [3.63, 3.8) is 0 Å². The number of piperidine rings is 1. The minimum Gasteiger partial charge on any atom is -0.403 e. The molecule has 154 valence electrons. The number of rotatable bonds is 3. The lowest BCUT2D eigenvalue weighted by atomic mass is 10.2. The molecule has 0 aliphatic carbocycles. The van der Waals surface area contributed by atoms with Crippen molar-refractivity contribution in [2.45, 2.75) is 19.3 Å². The summed E-state index contributed by atoms with van der Waals surface area (Å²) in [6.07, 6.45) is 8.60. The predicted octanol–water partition coefficient (Wildman–Crippen LogP) is 1.74. The lowest BCUT2D eigenvalue weighted by Crippen LogP contribution is -2.21. The molecule has 8 nitrogen and oxygen atoms in total. The number of pyridine rings is 2. The van der Waals surface area contributed by atoms with Crippen LogP contribution in [0.3, 0.4) is 0 Å². The predicted molar refractivity (Wildman–Crippen MR) is 109 cm³/mol. The van der Waals surface area contributed by atoms with Gasteiger partial charge in [0.25, 0.3) is 0 Å². The fourth-order valence-electron chi connectivity index (χ4n) is 3.01. The van der Waals surface area contributed by atoms with Crippen LogP contribution in [0.15, 0.2) is 36.8 Å². The summed E-state index contributed by atoms with van der Waals surface area (Å²) in [5, 5.41) is 3.28. The molecule has 0 amide bonds. The van der Waals surface area contributed by atoms with E-state index < -0.39 is 11.6 Å². The molecule has 1 aliphatic rings. The van der Waals surface area contributed by atoms with Gasteiger partial charge in [0.2, 0.25) is 0 Å². The van der Waals surface area contributed by atoms with Gasteiger partial charge in [-0.25, -0.2) is 18.7 Å². The van der Waals surface area contributed by atoms with Gasteiger partial charge in [0.1, 0.15) is 11.3 Å².